The third-order valence-corrected chi connectivity index (χ3v) is 3.77. The number of carbonyl (C=O) groups excluding carboxylic acids is 1. The Morgan fingerprint density at radius 1 is 1.14 bits per heavy atom. The number of ether oxygens (including phenoxy) is 2. The van der Waals surface area contributed by atoms with Gasteiger partial charge in [-0.25, -0.2) is 0 Å². The largest absolute Gasteiger partial charge is 0.490 e. The summed E-state index contributed by atoms with van der Waals surface area (Å²) in [6, 6.07) is 11.7. The number of aldehydes is 1. The highest BCUT2D eigenvalue weighted by atomic mass is 127. The summed E-state index contributed by atoms with van der Waals surface area (Å²) in [6.07, 6.45) is 0.814. The van der Waals surface area contributed by atoms with Gasteiger partial charge >= 0.3 is 0 Å². The van der Waals surface area contributed by atoms with Crippen molar-refractivity contribution in [2.75, 3.05) is 6.61 Å². The van der Waals surface area contributed by atoms with E-state index in [-0.39, 0.29) is 0 Å². The molecule has 0 aromatic heterocycles. The van der Waals surface area contributed by atoms with Crippen LogP contribution in [0, 0.1) is 10.5 Å². The van der Waals surface area contributed by atoms with Crippen LogP contribution in [0.15, 0.2) is 36.4 Å². The van der Waals surface area contributed by atoms with Gasteiger partial charge in [-0.05, 0) is 54.1 Å². The highest BCUT2D eigenvalue weighted by Crippen LogP contribution is 2.34. The SMILES string of the molecule is CCOc1cc(C=O)cc(I)c1OCc1ccc(C)cc1. The fourth-order valence-corrected chi connectivity index (χ4v) is 2.68. The van der Waals surface area contributed by atoms with Crippen molar-refractivity contribution in [1.82, 2.24) is 0 Å². The van der Waals surface area contributed by atoms with E-state index in [2.05, 4.69) is 41.6 Å². The molecule has 2 rings (SSSR count). The molecule has 0 unspecified atom stereocenters. The Hall–Kier alpha value is -1.56. The van der Waals surface area contributed by atoms with Crippen molar-refractivity contribution in [2.24, 2.45) is 0 Å². The molecule has 0 spiro atoms. The van der Waals surface area contributed by atoms with Crippen molar-refractivity contribution in [3.05, 3.63) is 56.7 Å². The molecule has 2 aromatic rings. The maximum absolute atomic E-state index is 10.9. The van der Waals surface area contributed by atoms with E-state index in [4.69, 9.17) is 9.47 Å². The summed E-state index contributed by atoms with van der Waals surface area (Å²) >= 11 is 2.16. The van der Waals surface area contributed by atoms with E-state index in [1.54, 1.807) is 12.1 Å². The average molecular weight is 396 g/mol. The summed E-state index contributed by atoms with van der Waals surface area (Å²) in [5, 5.41) is 0. The summed E-state index contributed by atoms with van der Waals surface area (Å²) in [5.74, 6) is 1.29. The molecule has 3 nitrogen and oxygen atoms in total. The van der Waals surface area contributed by atoms with Gasteiger partial charge in [0, 0.05) is 5.56 Å². The van der Waals surface area contributed by atoms with Crippen molar-refractivity contribution < 1.29 is 14.3 Å². The molecule has 0 heterocycles. The van der Waals surface area contributed by atoms with Crippen molar-refractivity contribution in [3.63, 3.8) is 0 Å². The summed E-state index contributed by atoms with van der Waals surface area (Å²) < 4.78 is 12.3. The third kappa shape index (κ3) is 4.20. The molecule has 0 aliphatic heterocycles. The first-order chi connectivity index (χ1) is 10.1. The van der Waals surface area contributed by atoms with Crippen molar-refractivity contribution >= 4 is 28.9 Å². The van der Waals surface area contributed by atoms with Crippen LogP contribution in [0.3, 0.4) is 0 Å². The molecular formula is C17H17IO3. The van der Waals surface area contributed by atoms with Crippen LogP contribution in [0.5, 0.6) is 11.5 Å². The van der Waals surface area contributed by atoms with Crippen LogP contribution >= 0.6 is 22.6 Å². The molecule has 0 amide bonds. The summed E-state index contributed by atoms with van der Waals surface area (Å²) in [4.78, 5) is 10.9. The van der Waals surface area contributed by atoms with Gasteiger partial charge in [0.15, 0.2) is 11.5 Å². The van der Waals surface area contributed by atoms with Crippen molar-refractivity contribution in [3.8, 4) is 11.5 Å². The number of halogens is 1. The monoisotopic (exact) mass is 396 g/mol. The van der Waals surface area contributed by atoms with E-state index in [1.807, 2.05) is 19.1 Å². The molecule has 21 heavy (non-hydrogen) atoms. The second-order valence-corrected chi connectivity index (χ2v) is 5.82. The number of rotatable bonds is 6. The lowest BCUT2D eigenvalue weighted by molar-refractivity contribution is 0.112. The second-order valence-electron chi connectivity index (χ2n) is 4.66. The predicted molar refractivity (Wildman–Crippen MR) is 91.2 cm³/mol. The first kappa shape index (κ1) is 15.8. The summed E-state index contributed by atoms with van der Waals surface area (Å²) in [6.45, 7) is 4.96. The standard InChI is InChI=1S/C17H17IO3/c1-3-20-16-9-14(10-19)8-15(18)17(16)21-11-13-6-4-12(2)5-7-13/h4-10H,3,11H2,1-2H3. The van der Waals surface area contributed by atoms with Crippen LogP contribution in [-0.4, -0.2) is 12.9 Å². The second kappa shape index (κ2) is 7.45. The van der Waals surface area contributed by atoms with Crippen LogP contribution in [0.2, 0.25) is 0 Å². The number of aryl methyl sites for hydroxylation is 1. The number of hydrogen-bond donors (Lipinski definition) is 0. The normalized spacial score (nSPS) is 10.2. The Morgan fingerprint density at radius 2 is 1.86 bits per heavy atom. The lowest BCUT2D eigenvalue weighted by Crippen LogP contribution is -2.02. The van der Waals surface area contributed by atoms with Crippen LogP contribution in [0.1, 0.15) is 28.4 Å². The summed E-state index contributed by atoms with van der Waals surface area (Å²) in [5.41, 5.74) is 2.91. The molecule has 0 atom stereocenters. The van der Waals surface area contributed by atoms with E-state index >= 15 is 0 Å². The van der Waals surface area contributed by atoms with Crippen LogP contribution in [0.25, 0.3) is 0 Å². The molecule has 2 aromatic carbocycles. The lowest BCUT2D eigenvalue weighted by atomic mass is 10.2. The minimum Gasteiger partial charge on any atom is -0.490 e. The van der Waals surface area contributed by atoms with Gasteiger partial charge in [0.05, 0.1) is 10.2 Å². The van der Waals surface area contributed by atoms with E-state index in [0.717, 1.165) is 15.4 Å². The van der Waals surface area contributed by atoms with Gasteiger partial charge in [-0.3, -0.25) is 4.79 Å². The minimum atomic E-state index is 0.469. The fraction of sp³-hybridized carbons (Fsp3) is 0.235. The Bertz CT molecular complexity index is 621. The quantitative estimate of drug-likeness (QED) is 0.537. The number of hydrogen-bond acceptors (Lipinski definition) is 3. The number of carbonyl (C=O) groups is 1. The molecule has 0 saturated carbocycles. The van der Waals surface area contributed by atoms with Gasteiger partial charge in [0.1, 0.15) is 12.9 Å². The Morgan fingerprint density at radius 3 is 2.48 bits per heavy atom. The van der Waals surface area contributed by atoms with Crippen molar-refractivity contribution in [1.29, 1.82) is 0 Å². The van der Waals surface area contributed by atoms with E-state index < -0.39 is 0 Å². The third-order valence-electron chi connectivity index (χ3n) is 2.97. The fourth-order valence-electron chi connectivity index (χ4n) is 1.90. The Labute approximate surface area is 138 Å². The highest BCUT2D eigenvalue weighted by molar-refractivity contribution is 14.1. The van der Waals surface area contributed by atoms with Crippen LogP contribution in [-0.2, 0) is 6.61 Å². The molecular weight excluding hydrogens is 379 g/mol. The Balaban J connectivity index is 2.21. The minimum absolute atomic E-state index is 0.469. The molecule has 0 N–H and O–H groups in total. The lowest BCUT2D eigenvalue weighted by Gasteiger charge is -2.14. The van der Waals surface area contributed by atoms with Gasteiger partial charge in [-0.1, -0.05) is 29.8 Å². The van der Waals surface area contributed by atoms with E-state index in [0.29, 0.717) is 30.3 Å². The molecule has 110 valence electrons. The zero-order valence-electron chi connectivity index (χ0n) is 12.1. The molecule has 4 heteroatoms. The molecule has 0 radical (unpaired) electrons. The van der Waals surface area contributed by atoms with Crippen LogP contribution < -0.4 is 9.47 Å². The average Bonchev–Trinajstić information content (AvgIpc) is 2.48. The first-order valence-corrected chi connectivity index (χ1v) is 7.81. The van der Waals surface area contributed by atoms with Gasteiger partial charge in [-0.2, -0.15) is 0 Å². The van der Waals surface area contributed by atoms with Gasteiger partial charge in [0.25, 0.3) is 0 Å². The summed E-state index contributed by atoms with van der Waals surface area (Å²) in [7, 11) is 0. The van der Waals surface area contributed by atoms with Crippen LogP contribution in [0.4, 0.5) is 0 Å². The van der Waals surface area contributed by atoms with E-state index in [9.17, 15) is 4.79 Å². The predicted octanol–water partition coefficient (Wildman–Crippen LogP) is 4.39. The Kier molecular flexibility index (Phi) is 5.61. The molecule has 0 fully saturated rings. The topological polar surface area (TPSA) is 35.5 Å². The zero-order valence-corrected chi connectivity index (χ0v) is 14.2. The van der Waals surface area contributed by atoms with Gasteiger partial charge in [0.2, 0.25) is 0 Å². The van der Waals surface area contributed by atoms with Gasteiger partial charge < -0.3 is 9.47 Å². The first-order valence-electron chi connectivity index (χ1n) is 6.74. The zero-order chi connectivity index (χ0) is 15.2. The molecule has 0 aliphatic carbocycles. The smallest absolute Gasteiger partial charge is 0.175 e. The van der Waals surface area contributed by atoms with Crippen molar-refractivity contribution in [2.45, 2.75) is 20.5 Å². The highest BCUT2D eigenvalue weighted by Gasteiger charge is 2.12. The molecule has 0 aliphatic rings. The van der Waals surface area contributed by atoms with E-state index in [1.165, 1.54) is 5.56 Å². The molecule has 0 saturated heterocycles. The van der Waals surface area contributed by atoms with Gasteiger partial charge in [-0.15, -0.1) is 0 Å². The maximum Gasteiger partial charge on any atom is 0.175 e. The molecule has 0 bridgehead atoms. The maximum atomic E-state index is 10.9. The number of benzene rings is 2.